The third-order valence-corrected chi connectivity index (χ3v) is 4.04. The smallest absolute Gasteiger partial charge is 0.254 e. The van der Waals surface area contributed by atoms with Crippen LogP contribution in [0.5, 0.6) is 0 Å². The summed E-state index contributed by atoms with van der Waals surface area (Å²) in [5, 5.41) is 8.40. The van der Waals surface area contributed by atoms with E-state index in [2.05, 4.69) is 16.0 Å². The quantitative estimate of drug-likeness (QED) is 0.553. The van der Waals surface area contributed by atoms with Crippen LogP contribution in [0.15, 0.2) is 72.8 Å². The molecule has 0 fully saturated rings. The summed E-state index contributed by atoms with van der Waals surface area (Å²) in [5.74, 6) is -2.71. The predicted octanol–water partition coefficient (Wildman–Crippen LogP) is 4.47. The van der Waals surface area contributed by atoms with Gasteiger partial charge in [-0.2, -0.15) is 0 Å². The van der Waals surface area contributed by atoms with Gasteiger partial charge in [0.2, 0.25) is 5.91 Å². The van der Waals surface area contributed by atoms with Gasteiger partial charge in [-0.1, -0.05) is 18.2 Å². The van der Waals surface area contributed by atoms with E-state index in [9.17, 15) is 18.4 Å². The van der Waals surface area contributed by atoms with Gasteiger partial charge in [-0.25, -0.2) is 8.78 Å². The van der Waals surface area contributed by atoms with Crippen LogP contribution in [0, 0.1) is 11.6 Å². The summed E-state index contributed by atoms with van der Waals surface area (Å²) in [5.41, 5.74) is 2.18. The van der Waals surface area contributed by atoms with E-state index in [1.807, 2.05) is 42.5 Å². The molecule has 0 aliphatic rings. The van der Waals surface area contributed by atoms with Crippen LogP contribution in [0.1, 0.15) is 16.8 Å². The molecular weight excluding hydrogens is 376 g/mol. The molecule has 148 valence electrons. The Bertz CT molecular complexity index is 993. The zero-order valence-electron chi connectivity index (χ0n) is 15.4. The molecule has 0 saturated heterocycles. The molecule has 3 N–H and O–H groups in total. The second-order valence-corrected chi connectivity index (χ2v) is 6.25. The molecule has 0 spiro atoms. The molecule has 0 radical (unpaired) electrons. The van der Waals surface area contributed by atoms with E-state index in [4.69, 9.17) is 0 Å². The number of rotatable bonds is 7. The van der Waals surface area contributed by atoms with Crippen molar-refractivity contribution >= 4 is 28.9 Å². The van der Waals surface area contributed by atoms with E-state index in [1.54, 1.807) is 12.1 Å². The molecule has 0 saturated carbocycles. The molecule has 3 rings (SSSR count). The second kappa shape index (κ2) is 9.45. The number of carbonyl (C=O) groups is 2. The first-order valence-corrected chi connectivity index (χ1v) is 8.96. The molecule has 7 heteroatoms. The van der Waals surface area contributed by atoms with Crippen molar-refractivity contribution in [2.24, 2.45) is 0 Å². The monoisotopic (exact) mass is 395 g/mol. The molecule has 5 nitrogen and oxygen atoms in total. The first-order valence-electron chi connectivity index (χ1n) is 8.96. The number of amides is 2. The Labute approximate surface area is 166 Å². The van der Waals surface area contributed by atoms with Gasteiger partial charge in [-0.3, -0.25) is 9.59 Å². The SMILES string of the molecule is O=C(CCNC(=O)c1ccc(F)cc1F)Nc1ccc(Nc2ccccc2)cc1. The normalized spacial score (nSPS) is 10.3. The number of benzene rings is 3. The van der Waals surface area contributed by atoms with Crippen LogP contribution >= 0.6 is 0 Å². The lowest BCUT2D eigenvalue weighted by Gasteiger charge is -2.09. The van der Waals surface area contributed by atoms with E-state index in [0.717, 1.165) is 23.5 Å². The zero-order chi connectivity index (χ0) is 20.6. The van der Waals surface area contributed by atoms with Gasteiger partial charge in [0.05, 0.1) is 5.56 Å². The van der Waals surface area contributed by atoms with Crippen molar-refractivity contribution in [3.05, 3.63) is 90.0 Å². The van der Waals surface area contributed by atoms with Crippen molar-refractivity contribution in [2.45, 2.75) is 6.42 Å². The fourth-order valence-electron chi connectivity index (χ4n) is 2.61. The van der Waals surface area contributed by atoms with E-state index < -0.39 is 17.5 Å². The van der Waals surface area contributed by atoms with Crippen molar-refractivity contribution in [1.82, 2.24) is 5.32 Å². The lowest BCUT2D eigenvalue weighted by molar-refractivity contribution is -0.116. The minimum absolute atomic E-state index is 0.0125. The molecule has 0 atom stereocenters. The highest BCUT2D eigenvalue weighted by Crippen LogP contribution is 2.18. The van der Waals surface area contributed by atoms with Crippen LogP contribution in [0.25, 0.3) is 0 Å². The standard InChI is InChI=1S/C22H19F2N3O2/c23-15-6-11-19(20(24)14-15)22(29)25-13-12-21(28)27-18-9-7-17(8-10-18)26-16-4-2-1-3-5-16/h1-11,14,26H,12-13H2,(H,25,29)(H,27,28). The van der Waals surface area contributed by atoms with E-state index in [1.165, 1.54) is 0 Å². The van der Waals surface area contributed by atoms with Crippen molar-refractivity contribution in [1.29, 1.82) is 0 Å². The second-order valence-electron chi connectivity index (χ2n) is 6.25. The molecule has 0 aromatic heterocycles. The summed E-state index contributed by atoms with van der Waals surface area (Å²) >= 11 is 0. The highest BCUT2D eigenvalue weighted by Gasteiger charge is 2.12. The summed E-state index contributed by atoms with van der Waals surface area (Å²) < 4.78 is 26.4. The molecule has 3 aromatic rings. The molecule has 0 aliphatic heterocycles. The lowest BCUT2D eigenvalue weighted by atomic mass is 10.2. The van der Waals surface area contributed by atoms with E-state index >= 15 is 0 Å². The summed E-state index contributed by atoms with van der Waals surface area (Å²) in [6, 6.07) is 19.6. The van der Waals surface area contributed by atoms with Crippen LogP contribution in [0.4, 0.5) is 25.8 Å². The number of anilines is 3. The van der Waals surface area contributed by atoms with Gasteiger partial charge in [-0.05, 0) is 48.5 Å². The Kier molecular flexibility index (Phi) is 6.52. The molecular formula is C22H19F2N3O2. The van der Waals surface area contributed by atoms with Crippen molar-refractivity contribution in [2.75, 3.05) is 17.2 Å². The Morgan fingerprint density at radius 3 is 2.14 bits per heavy atom. The first-order chi connectivity index (χ1) is 14.0. The maximum Gasteiger partial charge on any atom is 0.254 e. The van der Waals surface area contributed by atoms with Gasteiger partial charge in [0.15, 0.2) is 0 Å². The van der Waals surface area contributed by atoms with E-state index in [-0.39, 0.29) is 24.4 Å². The van der Waals surface area contributed by atoms with Crippen LogP contribution in [-0.2, 0) is 4.79 Å². The third-order valence-electron chi connectivity index (χ3n) is 4.04. The highest BCUT2D eigenvalue weighted by molar-refractivity contribution is 5.95. The minimum atomic E-state index is -0.948. The van der Waals surface area contributed by atoms with Gasteiger partial charge in [-0.15, -0.1) is 0 Å². The molecule has 0 unspecified atom stereocenters. The number of para-hydroxylation sites is 1. The molecule has 0 bridgehead atoms. The minimum Gasteiger partial charge on any atom is -0.356 e. The molecule has 2 amide bonds. The number of nitrogens with one attached hydrogen (secondary N) is 3. The highest BCUT2D eigenvalue weighted by atomic mass is 19.1. The first kappa shape index (κ1) is 20.0. The Hall–Kier alpha value is -3.74. The Balaban J connectivity index is 1.45. The summed E-state index contributed by atoms with van der Waals surface area (Å²) in [4.78, 5) is 23.9. The maximum absolute atomic E-state index is 13.6. The van der Waals surface area contributed by atoms with Gasteiger partial charge >= 0.3 is 0 Å². The largest absolute Gasteiger partial charge is 0.356 e. The number of hydrogen-bond acceptors (Lipinski definition) is 3. The topological polar surface area (TPSA) is 70.2 Å². The molecule has 0 heterocycles. The Morgan fingerprint density at radius 2 is 1.45 bits per heavy atom. The summed E-state index contributed by atoms with van der Waals surface area (Å²) in [6.07, 6.45) is 0.0125. The van der Waals surface area contributed by atoms with Crippen LogP contribution in [0.3, 0.4) is 0 Å². The van der Waals surface area contributed by atoms with Crippen molar-refractivity contribution in [3.63, 3.8) is 0 Å². The van der Waals surface area contributed by atoms with Gasteiger partial charge < -0.3 is 16.0 Å². The summed E-state index contributed by atoms with van der Waals surface area (Å²) in [6.45, 7) is 0.0229. The zero-order valence-corrected chi connectivity index (χ0v) is 15.4. The molecule has 29 heavy (non-hydrogen) atoms. The van der Waals surface area contributed by atoms with Gasteiger partial charge in [0.25, 0.3) is 5.91 Å². The molecule has 3 aromatic carbocycles. The average Bonchev–Trinajstić information content (AvgIpc) is 2.70. The van der Waals surface area contributed by atoms with E-state index in [0.29, 0.717) is 11.8 Å². The number of hydrogen-bond donors (Lipinski definition) is 3. The fourth-order valence-corrected chi connectivity index (χ4v) is 2.61. The van der Waals surface area contributed by atoms with Gasteiger partial charge in [0, 0.05) is 36.1 Å². The predicted molar refractivity (Wildman–Crippen MR) is 108 cm³/mol. The Morgan fingerprint density at radius 1 is 0.793 bits per heavy atom. The summed E-state index contributed by atoms with van der Waals surface area (Å²) in [7, 11) is 0. The fraction of sp³-hybridized carbons (Fsp3) is 0.0909. The van der Waals surface area contributed by atoms with Crippen LogP contribution in [-0.4, -0.2) is 18.4 Å². The number of halogens is 2. The van der Waals surface area contributed by atoms with Gasteiger partial charge in [0.1, 0.15) is 11.6 Å². The number of carbonyl (C=O) groups excluding carboxylic acids is 2. The maximum atomic E-state index is 13.6. The van der Waals surface area contributed by atoms with Crippen LogP contribution in [0.2, 0.25) is 0 Å². The average molecular weight is 395 g/mol. The van der Waals surface area contributed by atoms with Crippen molar-refractivity contribution in [3.8, 4) is 0 Å². The van der Waals surface area contributed by atoms with Crippen molar-refractivity contribution < 1.29 is 18.4 Å². The van der Waals surface area contributed by atoms with Crippen LogP contribution < -0.4 is 16.0 Å². The lowest BCUT2D eigenvalue weighted by Crippen LogP contribution is -2.28. The molecule has 0 aliphatic carbocycles. The third kappa shape index (κ3) is 5.87.